The summed E-state index contributed by atoms with van der Waals surface area (Å²) in [7, 11) is -3.51. The van der Waals surface area contributed by atoms with E-state index in [0.717, 1.165) is 0 Å². The van der Waals surface area contributed by atoms with Crippen molar-refractivity contribution in [2.45, 2.75) is 26.7 Å². The lowest BCUT2D eigenvalue weighted by atomic mass is 9.97. The summed E-state index contributed by atoms with van der Waals surface area (Å²) in [4.78, 5) is 18.0. The van der Waals surface area contributed by atoms with E-state index in [9.17, 15) is 13.2 Å². The van der Waals surface area contributed by atoms with E-state index in [4.69, 9.17) is 9.88 Å². The summed E-state index contributed by atoms with van der Waals surface area (Å²) < 4.78 is 26.9. The van der Waals surface area contributed by atoms with Gasteiger partial charge in [-0.2, -0.15) is 0 Å². The molecule has 0 aromatic heterocycles. The molecule has 0 aliphatic carbocycles. The number of hydrogen-bond donors (Lipinski definition) is 2. The fourth-order valence-electron chi connectivity index (χ4n) is 2.29. The Bertz CT molecular complexity index is 490. The molecule has 0 aromatic carbocycles. The maximum atomic E-state index is 11.7. The molecule has 136 valence electrons. The van der Waals surface area contributed by atoms with Gasteiger partial charge >= 0.3 is 5.97 Å². The topological polar surface area (TPSA) is 114 Å². The maximum Gasteiger partial charge on any atom is 0.309 e. The monoisotopic (exact) mass is 462 g/mol. The first-order valence-electron chi connectivity index (χ1n) is 7.57. The number of piperidine rings is 1. The molecule has 0 amide bonds. The highest BCUT2D eigenvalue weighted by atomic mass is 127. The molecule has 1 saturated heterocycles. The molecule has 0 unspecified atom stereocenters. The Morgan fingerprint density at radius 1 is 1.35 bits per heavy atom. The zero-order valence-electron chi connectivity index (χ0n) is 13.7. The number of likely N-dealkylation sites (tertiary alicyclic amines) is 1. The van der Waals surface area contributed by atoms with Gasteiger partial charge in [0, 0.05) is 19.6 Å². The molecule has 8 nitrogen and oxygen atoms in total. The third-order valence-electron chi connectivity index (χ3n) is 3.39. The van der Waals surface area contributed by atoms with Crippen molar-refractivity contribution < 1.29 is 17.9 Å². The fourth-order valence-corrected chi connectivity index (χ4v) is 2.64. The summed E-state index contributed by atoms with van der Waals surface area (Å²) in [6.07, 6.45) is 1.41. The van der Waals surface area contributed by atoms with E-state index >= 15 is 0 Å². The maximum absolute atomic E-state index is 11.7. The minimum absolute atomic E-state index is 0. The van der Waals surface area contributed by atoms with Gasteiger partial charge in [0.2, 0.25) is 10.0 Å². The van der Waals surface area contributed by atoms with Crippen LogP contribution in [0.15, 0.2) is 4.99 Å². The van der Waals surface area contributed by atoms with Crippen LogP contribution in [0.2, 0.25) is 0 Å². The van der Waals surface area contributed by atoms with Crippen molar-refractivity contribution in [1.82, 2.24) is 10.2 Å². The number of ether oxygens (including phenoxy) is 1. The summed E-state index contributed by atoms with van der Waals surface area (Å²) in [6, 6.07) is 0. The van der Waals surface area contributed by atoms with Gasteiger partial charge in [-0.05, 0) is 26.7 Å². The van der Waals surface area contributed by atoms with E-state index in [1.165, 1.54) is 0 Å². The summed E-state index contributed by atoms with van der Waals surface area (Å²) in [5.41, 5.74) is 0. The van der Waals surface area contributed by atoms with Crippen LogP contribution >= 0.6 is 24.0 Å². The van der Waals surface area contributed by atoms with Crippen LogP contribution in [0.4, 0.5) is 0 Å². The number of rotatable bonds is 6. The fraction of sp³-hybridized carbons (Fsp3) is 0.846. The van der Waals surface area contributed by atoms with Crippen molar-refractivity contribution in [3.8, 4) is 0 Å². The van der Waals surface area contributed by atoms with E-state index < -0.39 is 10.0 Å². The number of carbonyl (C=O) groups is 1. The first-order valence-corrected chi connectivity index (χ1v) is 9.29. The molecule has 0 saturated carbocycles. The summed E-state index contributed by atoms with van der Waals surface area (Å²) in [6.45, 7) is 6.33. The Hall–Kier alpha value is -0.620. The molecule has 10 heteroatoms. The van der Waals surface area contributed by atoms with Crippen LogP contribution in [0, 0.1) is 5.92 Å². The highest BCUT2D eigenvalue weighted by molar-refractivity contribution is 14.0. The molecule has 0 spiro atoms. The highest BCUT2D eigenvalue weighted by Crippen LogP contribution is 2.18. The molecule has 1 heterocycles. The lowest BCUT2D eigenvalue weighted by molar-refractivity contribution is -0.149. The minimum Gasteiger partial charge on any atom is -0.466 e. The first-order chi connectivity index (χ1) is 10.4. The van der Waals surface area contributed by atoms with E-state index in [0.29, 0.717) is 45.0 Å². The molecule has 1 aliphatic rings. The van der Waals surface area contributed by atoms with E-state index in [2.05, 4.69) is 10.3 Å². The number of guanidine groups is 1. The molecule has 0 atom stereocenters. The van der Waals surface area contributed by atoms with Crippen molar-refractivity contribution in [2.75, 3.05) is 38.5 Å². The van der Waals surface area contributed by atoms with Crippen molar-refractivity contribution in [2.24, 2.45) is 16.0 Å². The van der Waals surface area contributed by atoms with Gasteiger partial charge in [-0.15, -0.1) is 24.0 Å². The third kappa shape index (κ3) is 8.70. The SMILES string of the molecule is CCNC(=NCCS(N)(=O)=O)N1CCC(C(=O)OCC)CC1.I. The summed E-state index contributed by atoms with van der Waals surface area (Å²) in [5.74, 6) is 0.275. The van der Waals surface area contributed by atoms with Crippen molar-refractivity contribution in [3.63, 3.8) is 0 Å². The predicted molar refractivity (Wildman–Crippen MR) is 100 cm³/mol. The van der Waals surface area contributed by atoms with Gasteiger partial charge in [-0.25, -0.2) is 13.6 Å². The van der Waals surface area contributed by atoms with E-state index in [1.54, 1.807) is 6.92 Å². The van der Waals surface area contributed by atoms with Crippen LogP contribution in [0.5, 0.6) is 0 Å². The average molecular weight is 462 g/mol. The molecular weight excluding hydrogens is 435 g/mol. The molecule has 1 aliphatic heterocycles. The van der Waals surface area contributed by atoms with Crippen LogP contribution in [0.3, 0.4) is 0 Å². The largest absolute Gasteiger partial charge is 0.466 e. The second kappa shape index (κ2) is 11.0. The zero-order chi connectivity index (χ0) is 16.6. The lowest BCUT2D eigenvalue weighted by Gasteiger charge is -2.33. The number of sulfonamides is 1. The van der Waals surface area contributed by atoms with Gasteiger partial charge in [0.25, 0.3) is 0 Å². The number of halogens is 1. The van der Waals surface area contributed by atoms with Gasteiger partial charge in [-0.3, -0.25) is 9.79 Å². The van der Waals surface area contributed by atoms with Crippen LogP contribution in [-0.4, -0.2) is 63.8 Å². The number of esters is 1. The van der Waals surface area contributed by atoms with Gasteiger partial charge in [0.1, 0.15) is 0 Å². The number of nitrogens with zero attached hydrogens (tertiary/aromatic N) is 2. The molecule has 1 fully saturated rings. The van der Waals surface area contributed by atoms with Gasteiger partial charge in [0.15, 0.2) is 5.96 Å². The Kier molecular flexibility index (Phi) is 10.7. The lowest BCUT2D eigenvalue weighted by Crippen LogP contribution is -2.47. The molecule has 1 rings (SSSR count). The van der Waals surface area contributed by atoms with Gasteiger partial charge in [0.05, 0.1) is 24.8 Å². The molecular formula is C13H27IN4O4S. The minimum atomic E-state index is -3.51. The van der Waals surface area contributed by atoms with Crippen LogP contribution in [-0.2, 0) is 19.6 Å². The standard InChI is InChI=1S/C13H26N4O4S.HI/c1-3-15-13(16-7-10-22(14,19)20)17-8-5-11(6-9-17)12(18)21-4-2;/h11H,3-10H2,1-2H3,(H,15,16)(H2,14,19,20);1H. The summed E-state index contributed by atoms with van der Waals surface area (Å²) in [5, 5.41) is 8.10. The number of hydrogen-bond acceptors (Lipinski definition) is 5. The zero-order valence-corrected chi connectivity index (χ0v) is 16.8. The van der Waals surface area contributed by atoms with E-state index in [1.807, 2.05) is 11.8 Å². The Balaban J connectivity index is 0.00000484. The Morgan fingerprint density at radius 3 is 2.43 bits per heavy atom. The highest BCUT2D eigenvalue weighted by Gasteiger charge is 2.27. The molecule has 0 aromatic rings. The number of aliphatic imine (C=N–C) groups is 1. The molecule has 0 bridgehead atoms. The third-order valence-corrected chi connectivity index (χ3v) is 4.14. The predicted octanol–water partition coefficient (Wildman–Crippen LogP) is 0.134. The Morgan fingerprint density at radius 2 is 1.96 bits per heavy atom. The quantitative estimate of drug-likeness (QED) is 0.251. The smallest absolute Gasteiger partial charge is 0.309 e. The van der Waals surface area contributed by atoms with Crippen LogP contribution in [0.1, 0.15) is 26.7 Å². The van der Waals surface area contributed by atoms with Gasteiger partial charge < -0.3 is 15.0 Å². The van der Waals surface area contributed by atoms with E-state index in [-0.39, 0.29) is 48.2 Å². The molecule has 0 radical (unpaired) electrons. The summed E-state index contributed by atoms with van der Waals surface area (Å²) >= 11 is 0. The number of primary sulfonamides is 1. The normalized spacial score (nSPS) is 16.7. The van der Waals surface area contributed by atoms with Gasteiger partial charge in [-0.1, -0.05) is 0 Å². The second-order valence-electron chi connectivity index (χ2n) is 5.12. The molecule has 23 heavy (non-hydrogen) atoms. The number of nitrogens with two attached hydrogens (primary N) is 1. The van der Waals surface area contributed by atoms with Crippen molar-refractivity contribution >= 4 is 45.9 Å². The number of carbonyl (C=O) groups excluding carboxylic acids is 1. The Labute approximate surface area is 155 Å². The van der Waals surface area contributed by atoms with Crippen molar-refractivity contribution in [3.05, 3.63) is 0 Å². The molecule has 3 N–H and O–H groups in total. The second-order valence-corrected chi connectivity index (χ2v) is 6.85. The first kappa shape index (κ1) is 22.4. The van der Waals surface area contributed by atoms with Crippen LogP contribution < -0.4 is 10.5 Å². The van der Waals surface area contributed by atoms with Crippen LogP contribution in [0.25, 0.3) is 0 Å². The van der Waals surface area contributed by atoms with Crippen molar-refractivity contribution in [1.29, 1.82) is 0 Å². The average Bonchev–Trinajstić information content (AvgIpc) is 2.45. The number of nitrogens with one attached hydrogen (secondary N) is 1.